The maximum absolute atomic E-state index is 13.3. The summed E-state index contributed by atoms with van der Waals surface area (Å²) in [5, 5.41) is 6.13. The maximum Gasteiger partial charge on any atom is 0.287 e. The van der Waals surface area contributed by atoms with Crippen LogP contribution in [0.25, 0.3) is 11.0 Å². The fourth-order valence-corrected chi connectivity index (χ4v) is 6.09. The molecule has 0 saturated carbocycles. The molecule has 11 heteroatoms. The zero-order chi connectivity index (χ0) is 27.4. The van der Waals surface area contributed by atoms with Gasteiger partial charge in [0.05, 0.1) is 12.6 Å². The zero-order valence-electron chi connectivity index (χ0n) is 21.6. The molecule has 2 aromatic heterocycles. The van der Waals surface area contributed by atoms with Gasteiger partial charge in [0, 0.05) is 17.6 Å². The van der Waals surface area contributed by atoms with E-state index in [9.17, 15) is 22.8 Å². The van der Waals surface area contributed by atoms with E-state index < -0.39 is 45.7 Å². The number of amides is 2. The molecule has 3 aromatic rings. The van der Waals surface area contributed by atoms with Crippen molar-refractivity contribution in [1.82, 2.24) is 19.9 Å². The standard InChI is InChI=1S/C27H32N4O6S/c1-17(2)14-21(30-27(34)24-15-19-8-4-5-9-23(19)37-24)26(33)29-20-12-11-18(3)31(16-22(20)32)38(35,36)25-10-6-7-13-28-25/h4-10,13,15,17-18,20-21H,11-12,14,16H2,1-3H3,(H,29,33)(H,30,34)/t18-,20+,21-/m0/s1. The van der Waals surface area contributed by atoms with Gasteiger partial charge in [0.2, 0.25) is 5.91 Å². The maximum atomic E-state index is 13.3. The van der Waals surface area contributed by atoms with Crippen LogP contribution in [0.3, 0.4) is 0 Å². The van der Waals surface area contributed by atoms with Crippen LogP contribution >= 0.6 is 0 Å². The molecule has 202 valence electrons. The number of Topliss-reactive ketones (excluding diaryl/α,β-unsaturated/α-hetero) is 1. The second-order valence-electron chi connectivity index (χ2n) is 9.98. The average Bonchev–Trinajstić information content (AvgIpc) is 3.27. The number of rotatable bonds is 8. The van der Waals surface area contributed by atoms with Crippen LogP contribution in [0.2, 0.25) is 0 Å². The largest absolute Gasteiger partial charge is 0.451 e. The number of nitrogens with one attached hydrogen (secondary N) is 2. The van der Waals surface area contributed by atoms with Gasteiger partial charge < -0.3 is 15.1 Å². The monoisotopic (exact) mass is 540 g/mol. The summed E-state index contributed by atoms with van der Waals surface area (Å²) in [6.45, 7) is 5.19. The van der Waals surface area contributed by atoms with Crippen LogP contribution in [0.5, 0.6) is 0 Å². The quantitative estimate of drug-likeness (QED) is 0.448. The topological polar surface area (TPSA) is 139 Å². The second kappa shape index (κ2) is 11.4. The number of pyridine rings is 1. The molecule has 1 fully saturated rings. The van der Waals surface area contributed by atoms with Gasteiger partial charge in [0.15, 0.2) is 16.6 Å². The van der Waals surface area contributed by atoms with Crippen molar-refractivity contribution in [2.75, 3.05) is 6.54 Å². The molecule has 2 N–H and O–H groups in total. The van der Waals surface area contributed by atoms with Crippen LogP contribution in [0.15, 0.2) is 64.2 Å². The second-order valence-corrected chi connectivity index (χ2v) is 11.8. The van der Waals surface area contributed by atoms with E-state index in [1.165, 1.54) is 12.3 Å². The SMILES string of the molecule is CC(C)C[C@H](NC(=O)c1cc2ccccc2o1)C(=O)N[C@@H]1CC[C@H](C)N(S(=O)(=O)c2ccccn2)CC1=O. The summed E-state index contributed by atoms with van der Waals surface area (Å²) in [5.41, 5.74) is 0.561. The van der Waals surface area contributed by atoms with Crippen LogP contribution in [0, 0.1) is 5.92 Å². The number of sulfonamides is 1. The Balaban J connectivity index is 1.47. The zero-order valence-corrected chi connectivity index (χ0v) is 22.4. The van der Waals surface area contributed by atoms with Crippen LogP contribution in [0.4, 0.5) is 0 Å². The highest BCUT2D eigenvalue weighted by Crippen LogP contribution is 2.23. The molecular formula is C27H32N4O6S. The summed E-state index contributed by atoms with van der Waals surface area (Å²) >= 11 is 0. The molecule has 0 aliphatic carbocycles. The molecule has 0 unspecified atom stereocenters. The van der Waals surface area contributed by atoms with E-state index >= 15 is 0 Å². The number of aromatic nitrogens is 1. The van der Waals surface area contributed by atoms with Crippen molar-refractivity contribution < 1.29 is 27.2 Å². The van der Waals surface area contributed by atoms with Crippen molar-refractivity contribution in [2.45, 2.75) is 63.2 Å². The molecule has 10 nitrogen and oxygen atoms in total. The van der Waals surface area contributed by atoms with Gasteiger partial charge >= 0.3 is 0 Å². The van der Waals surface area contributed by atoms with E-state index in [0.717, 1.165) is 9.69 Å². The smallest absolute Gasteiger partial charge is 0.287 e. The Kier molecular flexibility index (Phi) is 8.27. The first-order valence-electron chi connectivity index (χ1n) is 12.6. The minimum atomic E-state index is -3.99. The molecule has 3 heterocycles. The molecule has 3 atom stereocenters. The van der Waals surface area contributed by atoms with Gasteiger partial charge in [0.25, 0.3) is 15.9 Å². The molecule has 0 radical (unpaired) electrons. The van der Waals surface area contributed by atoms with Crippen LogP contribution in [-0.2, 0) is 19.6 Å². The molecule has 38 heavy (non-hydrogen) atoms. The minimum absolute atomic E-state index is 0.0746. The molecule has 1 aliphatic rings. The fourth-order valence-electron chi connectivity index (χ4n) is 4.53. The predicted octanol–water partition coefficient (Wildman–Crippen LogP) is 2.90. The number of para-hydroxylation sites is 1. The molecule has 1 saturated heterocycles. The van der Waals surface area contributed by atoms with E-state index in [0.29, 0.717) is 18.4 Å². The van der Waals surface area contributed by atoms with Crippen LogP contribution in [-0.4, -0.2) is 60.0 Å². The normalized spacial score (nSPS) is 19.7. The molecule has 1 aliphatic heterocycles. The van der Waals surface area contributed by atoms with Crippen LogP contribution < -0.4 is 10.6 Å². The Morgan fingerprint density at radius 2 is 1.87 bits per heavy atom. The number of hydrogen-bond acceptors (Lipinski definition) is 7. The van der Waals surface area contributed by atoms with Crippen molar-refractivity contribution in [2.24, 2.45) is 5.92 Å². The number of hydrogen-bond donors (Lipinski definition) is 2. The molecule has 4 rings (SSSR count). The first-order valence-corrected chi connectivity index (χ1v) is 14.1. The molecule has 2 amide bonds. The average molecular weight is 541 g/mol. The lowest BCUT2D eigenvalue weighted by Crippen LogP contribution is -2.52. The van der Waals surface area contributed by atoms with Gasteiger partial charge in [-0.3, -0.25) is 14.4 Å². The van der Waals surface area contributed by atoms with E-state index in [-0.39, 0.29) is 29.7 Å². The van der Waals surface area contributed by atoms with Gasteiger partial charge in [-0.05, 0) is 56.4 Å². The molecular weight excluding hydrogens is 508 g/mol. The number of carbonyl (C=O) groups is 3. The number of furan rings is 1. The first kappa shape index (κ1) is 27.5. The highest BCUT2D eigenvalue weighted by Gasteiger charge is 2.38. The Morgan fingerprint density at radius 3 is 2.55 bits per heavy atom. The predicted molar refractivity (Wildman–Crippen MR) is 141 cm³/mol. The highest BCUT2D eigenvalue weighted by atomic mass is 32.2. The molecule has 1 aromatic carbocycles. The number of nitrogens with zero attached hydrogens (tertiary/aromatic N) is 2. The lowest BCUT2D eigenvalue weighted by atomic mass is 10.0. The summed E-state index contributed by atoms with van der Waals surface area (Å²) in [4.78, 5) is 43.3. The van der Waals surface area contributed by atoms with Gasteiger partial charge in [-0.25, -0.2) is 13.4 Å². The lowest BCUT2D eigenvalue weighted by Gasteiger charge is -2.25. The summed E-state index contributed by atoms with van der Waals surface area (Å²) in [7, 11) is -3.99. The third-order valence-electron chi connectivity index (χ3n) is 6.57. The van der Waals surface area contributed by atoms with Gasteiger partial charge in [-0.2, -0.15) is 4.31 Å². The van der Waals surface area contributed by atoms with Gasteiger partial charge in [0.1, 0.15) is 11.6 Å². The Labute approximate surface area is 221 Å². The summed E-state index contributed by atoms with van der Waals surface area (Å²) < 4.78 is 33.0. The van der Waals surface area contributed by atoms with E-state index in [1.54, 1.807) is 37.3 Å². The number of ketones is 1. The lowest BCUT2D eigenvalue weighted by molar-refractivity contribution is -0.129. The fraction of sp³-hybridized carbons (Fsp3) is 0.407. The summed E-state index contributed by atoms with van der Waals surface area (Å²) in [6, 6.07) is 11.1. The third kappa shape index (κ3) is 6.11. The highest BCUT2D eigenvalue weighted by molar-refractivity contribution is 7.89. The molecule has 0 bridgehead atoms. The van der Waals surface area contributed by atoms with E-state index in [1.807, 2.05) is 26.0 Å². The third-order valence-corrected chi connectivity index (χ3v) is 8.45. The van der Waals surface area contributed by atoms with Crippen molar-refractivity contribution >= 4 is 38.6 Å². The van der Waals surface area contributed by atoms with Crippen molar-refractivity contribution in [1.29, 1.82) is 0 Å². The Bertz CT molecular complexity index is 1390. The number of fused-ring (bicyclic) bond motifs is 1. The van der Waals surface area contributed by atoms with E-state index in [4.69, 9.17) is 4.42 Å². The van der Waals surface area contributed by atoms with Crippen LogP contribution in [0.1, 0.15) is 50.6 Å². The summed E-state index contributed by atoms with van der Waals surface area (Å²) in [6.07, 6.45) is 2.36. The van der Waals surface area contributed by atoms with Crippen molar-refractivity contribution in [3.8, 4) is 0 Å². The first-order chi connectivity index (χ1) is 18.1. The molecule has 0 spiro atoms. The Hall–Kier alpha value is -3.57. The Morgan fingerprint density at radius 1 is 1.13 bits per heavy atom. The van der Waals surface area contributed by atoms with Crippen molar-refractivity contribution in [3.63, 3.8) is 0 Å². The minimum Gasteiger partial charge on any atom is -0.451 e. The number of carbonyl (C=O) groups excluding carboxylic acids is 3. The summed E-state index contributed by atoms with van der Waals surface area (Å²) in [5.74, 6) is -1.30. The number of benzene rings is 1. The van der Waals surface area contributed by atoms with Gasteiger partial charge in [-0.1, -0.05) is 38.1 Å². The van der Waals surface area contributed by atoms with E-state index in [2.05, 4.69) is 15.6 Å². The van der Waals surface area contributed by atoms with Gasteiger partial charge in [-0.15, -0.1) is 0 Å². The van der Waals surface area contributed by atoms with Crippen molar-refractivity contribution in [3.05, 3.63) is 60.5 Å².